The van der Waals surface area contributed by atoms with Gasteiger partial charge in [0.1, 0.15) is 0 Å². The highest BCUT2D eigenvalue weighted by atomic mass is 19.4. The second-order valence-electron chi connectivity index (χ2n) is 5.07. The molecule has 2 aliphatic rings. The lowest BCUT2D eigenvalue weighted by Gasteiger charge is -2.31. The summed E-state index contributed by atoms with van der Waals surface area (Å²) < 4.78 is 50.5. The molecule has 3 rings (SSSR count). The molecule has 1 fully saturated rings. The topological polar surface area (TPSA) is 63.2 Å². The van der Waals surface area contributed by atoms with E-state index in [1.807, 2.05) is 0 Å². The van der Waals surface area contributed by atoms with E-state index >= 15 is 0 Å². The zero-order valence-corrected chi connectivity index (χ0v) is 12.0. The van der Waals surface area contributed by atoms with Gasteiger partial charge in [0.25, 0.3) is 5.91 Å². The van der Waals surface area contributed by atoms with Crippen LogP contribution in [-0.4, -0.2) is 44.7 Å². The van der Waals surface area contributed by atoms with Crippen molar-refractivity contribution in [1.82, 2.24) is 5.43 Å². The minimum atomic E-state index is -4.51. The number of alkyl halides is 3. The largest absolute Gasteiger partial charge is 0.466 e. The zero-order valence-electron chi connectivity index (χ0n) is 12.0. The van der Waals surface area contributed by atoms with E-state index < -0.39 is 17.6 Å². The number of rotatable bonds is 2. The van der Waals surface area contributed by atoms with Crippen LogP contribution < -0.4 is 10.3 Å². The van der Waals surface area contributed by atoms with Crippen LogP contribution in [0.3, 0.4) is 0 Å². The fourth-order valence-corrected chi connectivity index (χ4v) is 2.44. The molecule has 0 spiro atoms. The van der Waals surface area contributed by atoms with Crippen molar-refractivity contribution < 1.29 is 27.4 Å². The number of carbonyl (C=O) groups excluding carboxylic acids is 1. The summed E-state index contributed by atoms with van der Waals surface area (Å²) in [5, 5.41) is 3.64. The molecule has 124 valence electrons. The Kier molecular flexibility index (Phi) is 4.12. The predicted molar refractivity (Wildman–Crippen MR) is 75.1 cm³/mol. The molecule has 1 saturated heterocycles. The molecule has 0 unspecified atom stereocenters. The van der Waals surface area contributed by atoms with Crippen molar-refractivity contribution in [3.63, 3.8) is 0 Å². The Morgan fingerprint density at radius 1 is 1.22 bits per heavy atom. The van der Waals surface area contributed by atoms with Crippen molar-refractivity contribution >= 4 is 17.5 Å². The SMILES string of the molecule is O=C1COC(c2ccc(N3CCOCC3)c(C(F)(F)F)c2)=NN1. The Bertz CT molecular complexity index is 640. The monoisotopic (exact) mass is 329 g/mol. The van der Waals surface area contributed by atoms with E-state index in [-0.39, 0.29) is 23.8 Å². The molecule has 0 saturated carbocycles. The van der Waals surface area contributed by atoms with E-state index in [4.69, 9.17) is 9.47 Å². The summed E-state index contributed by atoms with van der Waals surface area (Å²) >= 11 is 0. The molecule has 0 radical (unpaired) electrons. The van der Waals surface area contributed by atoms with Crippen molar-refractivity contribution in [2.45, 2.75) is 6.18 Å². The third-order valence-corrected chi connectivity index (χ3v) is 3.52. The van der Waals surface area contributed by atoms with Crippen molar-refractivity contribution in [2.24, 2.45) is 5.10 Å². The first-order chi connectivity index (χ1) is 10.9. The Morgan fingerprint density at radius 2 is 1.96 bits per heavy atom. The van der Waals surface area contributed by atoms with Gasteiger partial charge in [-0.25, -0.2) is 5.43 Å². The molecular weight excluding hydrogens is 315 g/mol. The second-order valence-corrected chi connectivity index (χ2v) is 5.07. The molecule has 2 heterocycles. The van der Waals surface area contributed by atoms with Crippen LogP contribution in [0.4, 0.5) is 18.9 Å². The molecule has 0 aromatic heterocycles. The average molecular weight is 329 g/mol. The van der Waals surface area contributed by atoms with Crippen molar-refractivity contribution in [2.75, 3.05) is 37.8 Å². The molecule has 1 N–H and O–H groups in total. The summed E-state index contributed by atoms with van der Waals surface area (Å²) in [6.45, 7) is 1.30. The first kappa shape index (κ1) is 15.6. The number of hydrogen-bond donors (Lipinski definition) is 1. The van der Waals surface area contributed by atoms with E-state index in [1.165, 1.54) is 12.1 Å². The maximum absolute atomic E-state index is 13.4. The minimum Gasteiger partial charge on any atom is -0.466 e. The maximum Gasteiger partial charge on any atom is 0.418 e. The van der Waals surface area contributed by atoms with Gasteiger partial charge in [-0.15, -0.1) is 5.10 Å². The Morgan fingerprint density at radius 3 is 2.57 bits per heavy atom. The van der Waals surface area contributed by atoms with Crippen LogP contribution in [0.2, 0.25) is 0 Å². The molecule has 1 aromatic rings. The average Bonchev–Trinajstić information content (AvgIpc) is 2.55. The standard InChI is InChI=1S/C14H14F3N3O3/c15-14(16,17)10-7-9(13-19-18-12(21)8-23-13)1-2-11(10)20-3-5-22-6-4-20/h1-2,7H,3-6,8H2,(H,18,21). The van der Waals surface area contributed by atoms with E-state index in [0.29, 0.717) is 26.3 Å². The van der Waals surface area contributed by atoms with Gasteiger partial charge in [-0.3, -0.25) is 4.79 Å². The normalized spacial score (nSPS) is 19.0. The molecular formula is C14H14F3N3O3. The van der Waals surface area contributed by atoms with Gasteiger partial charge < -0.3 is 14.4 Å². The fourth-order valence-electron chi connectivity index (χ4n) is 2.44. The Hall–Kier alpha value is -2.29. The molecule has 1 amide bonds. The van der Waals surface area contributed by atoms with E-state index in [2.05, 4.69) is 10.5 Å². The summed E-state index contributed by atoms with van der Waals surface area (Å²) in [6.07, 6.45) is -4.51. The van der Waals surface area contributed by atoms with Crippen LogP contribution in [0, 0.1) is 0 Å². The molecule has 6 nitrogen and oxygen atoms in total. The highest BCUT2D eigenvalue weighted by Crippen LogP contribution is 2.37. The highest BCUT2D eigenvalue weighted by molar-refractivity contribution is 5.98. The molecule has 9 heteroatoms. The van der Waals surface area contributed by atoms with Crippen LogP contribution >= 0.6 is 0 Å². The third kappa shape index (κ3) is 3.39. The highest BCUT2D eigenvalue weighted by Gasteiger charge is 2.36. The molecule has 1 aromatic carbocycles. The lowest BCUT2D eigenvalue weighted by molar-refractivity contribution is -0.137. The molecule has 23 heavy (non-hydrogen) atoms. The van der Waals surface area contributed by atoms with E-state index in [0.717, 1.165) is 6.07 Å². The smallest absolute Gasteiger partial charge is 0.418 e. The molecule has 2 aliphatic heterocycles. The quantitative estimate of drug-likeness (QED) is 0.890. The van der Waals surface area contributed by atoms with E-state index in [9.17, 15) is 18.0 Å². The lowest BCUT2D eigenvalue weighted by Crippen LogP contribution is -2.37. The number of anilines is 1. The Labute approximate surface area is 129 Å². The number of amides is 1. The summed E-state index contributed by atoms with van der Waals surface area (Å²) in [7, 11) is 0. The lowest BCUT2D eigenvalue weighted by atomic mass is 10.1. The van der Waals surface area contributed by atoms with Crippen molar-refractivity contribution in [1.29, 1.82) is 0 Å². The van der Waals surface area contributed by atoms with Crippen LogP contribution in [0.15, 0.2) is 23.3 Å². The van der Waals surface area contributed by atoms with Gasteiger partial charge >= 0.3 is 6.18 Å². The van der Waals surface area contributed by atoms with Crippen LogP contribution in [0.1, 0.15) is 11.1 Å². The summed E-state index contributed by atoms with van der Waals surface area (Å²) in [6, 6.07) is 3.88. The van der Waals surface area contributed by atoms with Gasteiger partial charge in [0, 0.05) is 24.3 Å². The van der Waals surface area contributed by atoms with Crippen LogP contribution in [0.25, 0.3) is 0 Å². The van der Waals surface area contributed by atoms with E-state index in [1.54, 1.807) is 4.90 Å². The van der Waals surface area contributed by atoms with Crippen LogP contribution in [-0.2, 0) is 20.4 Å². The van der Waals surface area contributed by atoms with Gasteiger partial charge in [0.15, 0.2) is 6.61 Å². The van der Waals surface area contributed by atoms with Gasteiger partial charge in [-0.1, -0.05) is 0 Å². The van der Waals surface area contributed by atoms with Gasteiger partial charge in [0.05, 0.1) is 18.8 Å². The number of ether oxygens (including phenoxy) is 2. The minimum absolute atomic E-state index is 0.0383. The number of benzene rings is 1. The van der Waals surface area contributed by atoms with Crippen molar-refractivity contribution in [3.8, 4) is 0 Å². The first-order valence-corrected chi connectivity index (χ1v) is 6.99. The predicted octanol–water partition coefficient (Wildman–Crippen LogP) is 1.35. The number of nitrogens with zero attached hydrogens (tertiary/aromatic N) is 2. The van der Waals surface area contributed by atoms with Crippen molar-refractivity contribution in [3.05, 3.63) is 29.3 Å². The number of nitrogens with one attached hydrogen (secondary N) is 1. The fraction of sp³-hybridized carbons (Fsp3) is 0.429. The molecule has 0 aliphatic carbocycles. The second kappa shape index (κ2) is 6.07. The third-order valence-electron chi connectivity index (χ3n) is 3.52. The number of carbonyl (C=O) groups is 1. The molecule has 0 atom stereocenters. The first-order valence-electron chi connectivity index (χ1n) is 6.99. The van der Waals surface area contributed by atoms with Gasteiger partial charge in [0.2, 0.25) is 5.90 Å². The number of hydrazone groups is 1. The Balaban J connectivity index is 1.97. The number of morpholine rings is 1. The number of hydrogen-bond acceptors (Lipinski definition) is 5. The summed E-state index contributed by atoms with van der Waals surface area (Å²) in [4.78, 5) is 12.6. The van der Waals surface area contributed by atoms with Crippen LogP contribution in [0.5, 0.6) is 0 Å². The summed E-state index contributed by atoms with van der Waals surface area (Å²) in [5.41, 5.74) is 1.68. The number of halogens is 3. The summed E-state index contributed by atoms with van der Waals surface area (Å²) in [5.74, 6) is -0.488. The van der Waals surface area contributed by atoms with Gasteiger partial charge in [-0.05, 0) is 18.2 Å². The van der Waals surface area contributed by atoms with Gasteiger partial charge in [-0.2, -0.15) is 13.2 Å². The zero-order chi connectivity index (χ0) is 16.4. The molecule has 0 bridgehead atoms. The maximum atomic E-state index is 13.4.